The van der Waals surface area contributed by atoms with Crippen LogP contribution in [0.2, 0.25) is 0 Å². The summed E-state index contributed by atoms with van der Waals surface area (Å²) in [6.07, 6.45) is 3.10. The van der Waals surface area contributed by atoms with Gasteiger partial charge < -0.3 is 14.7 Å². The number of nitrogens with zero attached hydrogens (tertiary/aromatic N) is 1. The first-order valence-electron chi connectivity index (χ1n) is 5.13. The fraction of sp³-hybridized carbons (Fsp3) is 0.273. The van der Waals surface area contributed by atoms with Crippen molar-refractivity contribution in [1.29, 1.82) is 0 Å². The number of aromatic amines is 1. The fourth-order valence-corrected chi connectivity index (χ4v) is 1.39. The Balaban J connectivity index is 2.33. The zero-order valence-corrected chi connectivity index (χ0v) is 8.99. The van der Waals surface area contributed by atoms with Crippen LogP contribution in [0.5, 0.6) is 0 Å². The number of hydrogen-bond acceptors (Lipinski definition) is 4. The third-order valence-corrected chi connectivity index (χ3v) is 2.15. The second-order valence-corrected chi connectivity index (χ2v) is 3.38. The number of furan rings is 1. The number of hydrogen-bond donors (Lipinski definition) is 2. The van der Waals surface area contributed by atoms with E-state index in [4.69, 9.17) is 4.42 Å². The summed E-state index contributed by atoms with van der Waals surface area (Å²) in [4.78, 5) is 18.4. The molecule has 0 aliphatic carbocycles. The molecule has 2 aromatic heterocycles. The second kappa shape index (κ2) is 4.76. The van der Waals surface area contributed by atoms with Crippen LogP contribution in [0, 0.1) is 0 Å². The molecule has 0 radical (unpaired) electrons. The largest absolute Gasteiger partial charge is 0.472 e. The minimum absolute atomic E-state index is 0.154. The van der Waals surface area contributed by atoms with Crippen LogP contribution in [0.4, 0.5) is 0 Å². The normalized spacial score (nSPS) is 10.6. The lowest BCUT2D eigenvalue weighted by Gasteiger charge is -2.02. The van der Waals surface area contributed by atoms with Gasteiger partial charge in [0, 0.05) is 12.6 Å². The molecule has 2 N–H and O–H groups in total. The molecule has 2 rings (SSSR count). The van der Waals surface area contributed by atoms with Crippen LogP contribution in [-0.2, 0) is 6.54 Å². The molecule has 2 heterocycles. The third-order valence-electron chi connectivity index (χ3n) is 2.15. The van der Waals surface area contributed by atoms with Crippen molar-refractivity contribution >= 4 is 0 Å². The van der Waals surface area contributed by atoms with E-state index < -0.39 is 0 Å². The molecule has 0 amide bonds. The number of nitrogens with one attached hydrogen (secondary N) is 2. The molecule has 0 saturated carbocycles. The topological polar surface area (TPSA) is 70.9 Å². The van der Waals surface area contributed by atoms with Crippen molar-refractivity contribution in [2.24, 2.45) is 0 Å². The first kappa shape index (κ1) is 10.6. The predicted molar refractivity (Wildman–Crippen MR) is 59.9 cm³/mol. The van der Waals surface area contributed by atoms with Crippen LogP contribution in [0.25, 0.3) is 11.4 Å². The van der Waals surface area contributed by atoms with E-state index in [1.54, 1.807) is 18.6 Å². The van der Waals surface area contributed by atoms with E-state index in [0.717, 1.165) is 17.8 Å². The highest BCUT2D eigenvalue weighted by atomic mass is 16.3. The molecule has 0 atom stereocenters. The quantitative estimate of drug-likeness (QED) is 0.808. The van der Waals surface area contributed by atoms with Crippen LogP contribution >= 0.6 is 0 Å². The fourth-order valence-electron chi connectivity index (χ4n) is 1.39. The molecular formula is C11H13N3O2. The van der Waals surface area contributed by atoms with Gasteiger partial charge in [-0.1, -0.05) is 6.92 Å². The van der Waals surface area contributed by atoms with Gasteiger partial charge in [0.15, 0.2) is 0 Å². The van der Waals surface area contributed by atoms with Gasteiger partial charge in [0.05, 0.1) is 17.5 Å². The average molecular weight is 219 g/mol. The van der Waals surface area contributed by atoms with E-state index in [1.165, 1.54) is 6.07 Å². The van der Waals surface area contributed by atoms with Gasteiger partial charge in [0.25, 0.3) is 5.56 Å². The van der Waals surface area contributed by atoms with Crippen molar-refractivity contribution in [1.82, 2.24) is 15.3 Å². The Bertz CT molecular complexity index is 502. The van der Waals surface area contributed by atoms with Crippen molar-refractivity contribution in [3.63, 3.8) is 0 Å². The summed E-state index contributed by atoms with van der Waals surface area (Å²) in [6.45, 7) is 3.44. The van der Waals surface area contributed by atoms with Gasteiger partial charge in [-0.3, -0.25) is 4.79 Å². The van der Waals surface area contributed by atoms with Crippen molar-refractivity contribution in [3.8, 4) is 11.4 Å². The second-order valence-electron chi connectivity index (χ2n) is 3.38. The minimum atomic E-state index is -0.154. The van der Waals surface area contributed by atoms with Gasteiger partial charge in [0.1, 0.15) is 12.1 Å². The van der Waals surface area contributed by atoms with Crippen molar-refractivity contribution in [2.45, 2.75) is 13.5 Å². The Morgan fingerprint density at radius 1 is 1.56 bits per heavy atom. The molecule has 0 saturated heterocycles. The highest BCUT2D eigenvalue weighted by Crippen LogP contribution is 2.13. The summed E-state index contributed by atoms with van der Waals surface area (Å²) in [5.41, 5.74) is 1.34. The monoisotopic (exact) mass is 219 g/mol. The van der Waals surface area contributed by atoms with Crippen LogP contribution in [0.15, 0.2) is 33.9 Å². The Morgan fingerprint density at radius 2 is 2.44 bits per heavy atom. The molecule has 0 unspecified atom stereocenters. The Morgan fingerprint density at radius 3 is 3.12 bits per heavy atom. The lowest BCUT2D eigenvalue weighted by atomic mass is 10.3. The first-order valence-corrected chi connectivity index (χ1v) is 5.13. The molecular weight excluding hydrogens is 206 g/mol. The standard InChI is InChI=1S/C11H13N3O2/c1-2-12-6-9-5-10(15)14-11(13-9)8-3-4-16-7-8/h3-5,7,12H,2,6H2,1H3,(H,13,14,15). The van der Waals surface area contributed by atoms with Gasteiger partial charge in [-0.25, -0.2) is 4.98 Å². The van der Waals surface area contributed by atoms with E-state index in [-0.39, 0.29) is 5.56 Å². The van der Waals surface area contributed by atoms with Crippen molar-refractivity contribution in [3.05, 3.63) is 40.7 Å². The molecule has 0 fully saturated rings. The van der Waals surface area contributed by atoms with E-state index in [0.29, 0.717) is 12.4 Å². The van der Waals surface area contributed by atoms with Crippen LogP contribution < -0.4 is 10.9 Å². The molecule has 0 spiro atoms. The van der Waals surface area contributed by atoms with Crippen molar-refractivity contribution < 1.29 is 4.42 Å². The molecule has 0 aliphatic heterocycles. The van der Waals surface area contributed by atoms with Gasteiger partial charge in [-0.15, -0.1) is 0 Å². The van der Waals surface area contributed by atoms with E-state index in [9.17, 15) is 4.79 Å². The number of H-pyrrole nitrogens is 1. The van der Waals surface area contributed by atoms with E-state index in [1.807, 2.05) is 6.92 Å². The molecule has 84 valence electrons. The maximum Gasteiger partial charge on any atom is 0.251 e. The number of rotatable bonds is 4. The summed E-state index contributed by atoms with van der Waals surface area (Å²) in [5.74, 6) is 0.536. The van der Waals surface area contributed by atoms with Crippen LogP contribution in [0.3, 0.4) is 0 Å². The van der Waals surface area contributed by atoms with Gasteiger partial charge in [-0.2, -0.15) is 0 Å². The van der Waals surface area contributed by atoms with Crippen LogP contribution in [0.1, 0.15) is 12.6 Å². The van der Waals surface area contributed by atoms with E-state index in [2.05, 4.69) is 15.3 Å². The molecule has 0 aromatic carbocycles. The first-order chi connectivity index (χ1) is 7.79. The maximum atomic E-state index is 11.4. The van der Waals surface area contributed by atoms with Gasteiger partial charge >= 0.3 is 0 Å². The average Bonchev–Trinajstić information content (AvgIpc) is 2.79. The third kappa shape index (κ3) is 2.38. The molecule has 16 heavy (non-hydrogen) atoms. The van der Waals surface area contributed by atoms with Crippen LogP contribution in [-0.4, -0.2) is 16.5 Å². The molecule has 5 nitrogen and oxygen atoms in total. The summed E-state index contributed by atoms with van der Waals surface area (Å²) in [5, 5.41) is 3.13. The lowest BCUT2D eigenvalue weighted by Crippen LogP contribution is -2.17. The maximum absolute atomic E-state index is 11.4. The van der Waals surface area contributed by atoms with Gasteiger partial charge in [-0.05, 0) is 12.6 Å². The lowest BCUT2D eigenvalue weighted by molar-refractivity contribution is 0.568. The highest BCUT2D eigenvalue weighted by Gasteiger charge is 2.04. The highest BCUT2D eigenvalue weighted by molar-refractivity contribution is 5.52. The molecule has 5 heteroatoms. The molecule has 0 aliphatic rings. The van der Waals surface area contributed by atoms with Gasteiger partial charge in [0.2, 0.25) is 0 Å². The Hall–Kier alpha value is -1.88. The zero-order valence-electron chi connectivity index (χ0n) is 8.99. The van der Waals surface area contributed by atoms with Crippen molar-refractivity contribution in [2.75, 3.05) is 6.54 Å². The van der Waals surface area contributed by atoms with E-state index >= 15 is 0 Å². The summed E-state index contributed by atoms with van der Waals surface area (Å²) < 4.78 is 4.95. The Kier molecular flexibility index (Phi) is 3.16. The zero-order chi connectivity index (χ0) is 11.4. The SMILES string of the molecule is CCNCc1cc(=O)[nH]c(-c2ccoc2)n1. The smallest absolute Gasteiger partial charge is 0.251 e. The summed E-state index contributed by atoms with van der Waals surface area (Å²) in [7, 11) is 0. The predicted octanol–water partition coefficient (Wildman–Crippen LogP) is 1.14. The Labute approximate surface area is 92.5 Å². The number of aromatic nitrogens is 2. The minimum Gasteiger partial charge on any atom is -0.472 e. The summed E-state index contributed by atoms with van der Waals surface area (Å²) >= 11 is 0. The molecule has 2 aromatic rings. The molecule has 0 bridgehead atoms. The summed E-state index contributed by atoms with van der Waals surface area (Å²) in [6, 6.07) is 3.25.